The molecule has 0 amide bonds. The summed E-state index contributed by atoms with van der Waals surface area (Å²) in [5, 5.41) is 0. The fourth-order valence-corrected chi connectivity index (χ4v) is 2.55. The molecule has 0 radical (unpaired) electrons. The number of hydrogen-bond donors (Lipinski definition) is 0. The molecule has 0 spiro atoms. The molecule has 0 atom stereocenters. The summed E-state index contributed by atoms with van der Waals surface area (Å²) in [4.78, 5) is 11.8. The molecule has 0 saturated heterocycles. The van der Waals surface area contributed by atoms with E-state index in [1.165, 1.54) is 0 Å². The molecule has 0 aliphatic heterocycles. The lowest BCUT2D eigenvalue weighted by atomic mass is 10.1. The highest BCUT2D eigenvalue weighted by molar-refractivity contribution is 6.70. The first-order chi connectivity index (χ1) is 7.88. The molecule has 0 saturated carbocycles. The minimum absolute atomic E-state index is 0.129. The Hall–Kier alpha value is -1.35. The summed E-state index contributed by atoms with van der Waals surface area (Å²) >= 11 is 0. The fraction of sp³-hybridized carbons (Fsp3) is 0.357. The van der Waals surface area contributed by atoms with E-state index in [1.54, 1.807) is 0 Å². The van der Waals surface area contributed by atoms with E-state index in [1.807, 2.05) is 43.3 Å². The lowest BCUT2D eigenvalue weighted by molar-refractivity contribution is 0.0994. The highest BCUT2D eigenvalue weighted by Gasteiger charge is 2.15. The van der Waals surface area contributed by atoms with Gasteiger partial charge in [0.05, 0.1) is 5.76 Å². The van der Waals surface area contributed by atoms with Crippen LogP contribution >= 0.6 is 0 Å². The van der Waals surface area contributed by atoms with Crippen molar-refractivity contribution in [3.05, 3.63) is 47.7 Å². The maximum atomic E-state index is 11.8. The van der Waals surface area contributed by atoms with E-state index in [2.05, 4.69) is 19.6 Å². The van der Waals surface area contributed by atoms with Gasteiger partial charge in [0.25, 0.3) is 0 Å². The fourth-order valence-electron chi connectivity index (χ4n) is 1.50. The number of rotatable bonds is 5. The number of carbonyl (C=O) groups is 1. The van der Waals surface area contributed by atoms with Gasteiger partial charge in [0, 0.05) is 12.0 Å². The molecule has 2 nitrogen and oxygen atoms in total. The maximum Gasteiger partial charge on any atom is 0.241 e. The quantitative estimate of drug-likeness (QED) is 0.447. The van der Waals surface area contributed by atoms with Gasteiger partial charge in [-0.2, -0.15) is 0 Å². The van der Waals surface area contributed by atoms with Crippen molar-refractivity contribution in [3.8, 4) is 0 Å². The molecule has 1 aromatic carbocycles. The maximum absolute atomic E-state index is 11.8. The van der Waals surface area contributed by atoms with Crippen LogP contribution in [0, 0.1) is 0 Å². The van der Waals surface area contributed by atoms with Crippen LogP contribution < -0.4 is 0 Å². The Morgan fingerprint density at radius 1 is 1.24 bits per heavy atom. The summed E-state index contributed by atoms with van der Waals surface area (Å²) in [6.45, 7) is 8.30. The standard InChI is InChI=1S/C14H20O2Si/c1-12(16-17(2,3)4)10-11-14(15)13-8-6-5-7-9-13/h5-10H,11H2,1-4H3/b12-10+. The molecule has 0 aliphatic rings. The topological polar surface area (TPSA) is 26.3 Å². The van der Waals surface area contributed by atoms with E-state index in [0.717, 1.165) is 11.3 Å². The zero-order valence-corrected chi connectivity index (χ0v) is 12.0. The summed E-state index contributed by atoms with van der Waals surface area (Å²) in [5.41, 5.74) is 0.754. The second kappa shape index (κ2) is 5.82. The molecule has 92 valence electrons. The van der Waals surface area contributed by atoms with Crippen molar-refractivity contribution in [3.63, 3.8) is 0 Å². The van der Waals surface area contributed by atoms with Crippen LogP contribution in [0.25, 0.3) is 0 Å². The predicted molar refractivity (Wildman–Crippen MR) is 73.6 cm³/mol. The van der Waals surface area contributed by atoms with Crippen LogP contribution in [0.15, 0.2) is 42.2 Å². The monoisotopic (exact) mass is 248 g/mol. The molecule has 0 aliphatic carbocycles. The minimum Gasteiger partial charge on any atom is -0.548 e. The van der Waals surface area contributed by atoms with Crippen molar-refractivity contribution in [2.45, 2.75) is 33.0 Å². The third kappa shape index (κ3) is 5.50. The number of hydrogen-bond acceptors (Lipinski definition) is 2. The van der Waals surface area contributed by atoms with Crippen molar-refractivity contribution < 1.29 is 9.22 Å². The van der Waals surface area contributed by atoms with Gasteiger partial charge in [0.1, 0.15) is 0 Å². The Kier molecular flexibility index (Phi) is 4.69. The van der Waals surface area contributed by atoms with Gasteiger partial charge >= 0.3 is 0 Å². The van der Waals surface area contributed by atoms with E-state index < -0.39 is 8.32 Å². The average Bonchev–Trinajstić information content (AvgIpc) is 2.25. The molecular formula is C14H20O2Si. The summed E-state index contributed by atoms with van der Waals surface area (Å²) in [6, 6.07) is 9.34. The zero-order valence-electron chi connectivity index (χ0n) is 11.0. The number of Topliss-reactive ketones (excluding diaryl/α,β-unsaturated/α-hetero) is 1. The average molecular weight is 248 g/mol. The Morgan fingerprint density at radius 3 is 2.35 bits per heavy atom. The number of benzene rings is 1. The first kappa shape index (κ1) is 13.7. The van der Waals surface area contributed by atoms with Crippen LogP contribution in [0.3, 0.4) is 0 Å². The van der Waals surface area contributed by atoms with Crippen LogP contribution in [0.2, 0.25) is 19.6 Å². The molecule has 0 unspecified atom stereocenters. The van der Waals surface area contributed by atoms with Gasteiger partial charge in [0.15, 0.2) is 5.78 Å². The Labute approximate surface area is 104 Å². The molecule has 1 rings (SSSR count). The number of allylic oxidation sites excluding steroid dienone is 2. The van der Waals surface area contributed by atoms with Crippen molar-refractivity contribution in [2.75, 3.05) is 0 Å². The predicted octanol–water partition coefficient (Wildman–Crippen LogP) is 4.01. The SMILES string of the molecule is C/C(=C\CC(=O)c1ccccc1)O[Si](C)(C)C. The molecular weight excluding hydrogens is 228 g/mol. The minimum atomic E-state index is -1.55. The van der Waals surface area contributed by atoms with Gasteiger partial charge < -0.3 is 4.43 Å². The van der Waals surface area contributed by atoms with Crippen molar-refractivity contribution in [1.29, 1.82) is 0 Å². The third-order valence-corrected chi connectivity index (χ3v) is 3.07. The Balaban J connectivity index is 2.56. The summed E-state index contributed by atoms with van der Waals surface area (Å²) < 4.78 is 5.77. The van der Waals surface area contributed by atoms with Crippen LogP contribution in [-0.4, -0.2) is 14.1 Å². The zero-order chi connectivity index (χ0) is 12.9. The van der Waals surface area contributed by atoms with Gasteiger partial charge in [-0.15, -0.1) is 0 Å². The van der Waals surface area contributed by atoms with Gasteiger partial charge in [-0.05, 0) is 32.6 Å². The largest absolute Gasteiger partial charge is 0.548 e. The summed E-state index contributed by atoms with van der Waals surface area (Å²) in [5.74, 6) is 0.984. The van der Waals surface area contributed by atoms with E-state index in [9.17, 15) is 4.79 Å². The molecule has 3 heteroatoms. The van der Waals surface area contributed by atoms with Gasteiger partial charge in [-0.3, -0.25) is 4.79 Å². The summed E-state index contributed by atoms with van der Waals surface area (Å²) in [7, 11) is -1.55. The summed E-state index contributed by atoms with van der Waals surface area (Å²) in [6.07, 6.45) is 2.27. The van der Waals surface area contributed by atoms with Crippen LogP contribution in [0.4, 0.5) is 0 Å². The highest BCUT2D eigenvalue weighted by Crippen LogP contribution is 2.11. The lowest BCUT2D eigenvalue weighted by Gasteiger charge is -2.19. The first-order valence-corrected chi connectivity index (χ1v) is 9.23. The first-order valence-electron chi connectivity index (χ1n) is 5.82. The van der Waals surface area contributed by atoms with E-state index in [4.69, 9.17) is 4.43 Å². The van der Waals surface area contributed by atoms with Gasteiger partial charge in [-0.1, -0.05) is 30.3 Å². The highest BCUT2D eigenvalue weighted by atomic mass is 28.4. The Morgan fingerprint density at radius 2 is 1.82 bits per heavy atom. The molecule has 0 fully saturated rings. The van der Waals surface area contributed by atoms with Crippen molar-refractivity contribution >= 4 is 14.1 Å². The van der Waals surface area contributed by atoms with E-state index >= 15 is 0 Å². The van der Waals surface area contributed by atoms with Crippen molar-refractivity contribution in [2.24, 2.45) is 0 Å². The molecule has 0 aromatic heterocycles. The van der Waals surface area contributed by atoms with Crippen LogP contribution in [0.1, 0.15) is 23.7 Å². The normalized spacial score (nSPS) is 12.4. The van der Waals surface area contributed by atoms with Gasteiger partial charge in [-0.25, -0.2) is 0 Å². The lowest BCUT2D eigenvalue weighted by Crippen LogP contribution is -2.24. The van der Waals surface area contributed by atoms with Crippen LogP contribution in [0.5, 0.6) is 0 Å². The molecule has 0 bridgehead atoms. The van der Waals surface area contributed by atoms with Gasteiger partial charge in [0.2, 0.25) is 8.32 Å². The molecule has 1 aromatic rings. The third-order valence-electron chi connectivity index (χ3n) is 2.14. The second-order valence-corrected chi connectivity index (χ2v) is 9.45. The number of ketones is 1. The molecule has 0 heterocycles. The van der Waals surface area contributed by atoms with Crippen molar-refractivity contribution in [1.82, 2.24) is 0 Å². The molecule has 17 heavy (non-hydrogen) atoms. The number of carbonyl (C=O) groups excluding carboxylic acids is 1. The van der Waals surface area contributed by atoms with Crippen LogP contribution in [-0.2, 0) is 4.43 Å². The smallest absolute Gasteiger partial charge is 0.241 e. The molecule has 0 N–H and O–H groups in total. The van der Waals surface area contributed by atoms with E-state index in [0.29, 0.717) is 6.42 Å². The Bertz CT molecular complexity index is 402. The van der Waals surface area contributed by atoms with E-state index in [-0.39, 0.29) is 5.78 Å². The second-order valence-electron chi connectivity index (χ2n) is 5.02.